The van der Waals surface area contributed by atoms with E-state index in [0.29, 0.717) is 0 Å². The molecule has 0 aromatic rings. The van der Waals surface area contributed by atoms with Gasteiger partial charge < -0.3 is 44.5 Å². The number of hydrogen-bond acceptors (Lipinski definition) is 12. The summed E-state index contributed by atoms with van der Waals surface area (Å²) in [7, 11) is 1.18. The summed E-state index contributed by atoms with van der Waals surface area (Å²) in [5, 5.41) is 8.31. The molecule has 3 rings (SSSR count). The van der Waals surface area contributed by atoms with Crippen LogP contribution in [0.25, 0.3) is 0 Å². The molecule has 0 radical (unpaired) electrons. The van der Waals surface area contributed by atoms with Gasteiger partial charge in [0.25, 0.3) is 0 Å². The molecule has 3 aliphatic rings. The van der Waals surface area contributed by atoms with Gasteiger partial charge in [0.15, 0.2) is 0 Å². The number of methoxy groups -OCH3 is 1. The van der Waals surface area contributed by atoms with E-state index in [1.54, 1.807) is 83.1 Å². The van der Waals surface area contributed by atoms with Gasteiger partial charge in [-0.1, -0.05) is 0 Å². The number of likely N-dealkylation sites (tertiary alicyclic amines) is 3. The van der Waals surface area contributed by atoms with E-state index in [2.05, 4.69) is 16.0 Å². The predicted octanol–water partition coefficient (Wildman–Crippen LogP) is 3.05. The fourth-order valence-electron chi connectivity index (χ4n) is 6.39. The molecule has 3 saturated heterocycles. The number of nitrogens with zero attached hydrogens (tertiary/aromatic N) is 3. The molecule has 0 aliphatic carbocycles. The summed E-state index contributed by atoms with van der Waals surface area (Å²) in [6.07, 6.45) is -2.97. The molecule has 3 fully saturated rings. The van der Waals surface area contributed by atoms with Gasteiger partial charge in [0, 0.05) is 32.1 Å². The quantitative estimate of drug-likeness (QED) is 0.263. The minimum Gasteiger partial charge on any atom is -0.467 e. The summed E-state index contributed by atoms with van der Waals surface area (Å²) in [6.45, 7) is 20.1. The fourth-order valence-corrected chi connectivity index (χ4v) is 6.39. The van der Waals surface area contributed by atoms with Crippen molar-refractivity contribution in [1.29, 1.82) is 0 Å². The molecule has 0 saturated carbocycles. The minimum absolute atomic E-state index is 0.00229. The van der Waals surface area contributed by atoms with Gasteiger partial charge >= 0.3 is 30.3 Å². The van der Waals surface area contributed by atoms with E-state index in [1.165, 1.54) is 21.8 Å². The third-order valence-electron chi connectivity index (χ3n) is 8.29. The Morgan fingerprint density at radius 1 is 0.481 bits per heavy atom. The highest BCUT2D eigenvalue weighted by atomic mass is 16.6. The average Bonchev–Trinajstić information content (AvgIpc) is 3.70. The van der Waals surface area contributed by atoms with Crippen LogP contribution in [0.2, 0.25) is 0 Å². The molecule has 6 amide bonds. The lowest BCUT2D eigenvalue weighted by atomic mass is 10.1. The van der Waals surface area contributed by atoms with E-state index < -0.39 is 101 Å². The first-order valence-electron chi connectivity index (χ1n) is 18.2. The zero-order valence-corrected chi connectivity index (χ0v) is 33.9. The second-order valence-electron chi connectivity index (χ2n) is 17.9. The van der Waals surface area contributed by atoms with E-state index >= 15 is 0 Å². The van der Waals surface area contributed by atoms with Crippen LogP contribution >= 0.6 is 0 Å². The van der Waals surface area contributed by atoms with Crippen LogP contribution in [0, 0.1) is 0 Å². The largest absolute Gasteiger partial charge is 0.467 e. The number of carbonyl (C=O) groups excluding carboxylic acids is 7. The first-order chi connectivity index (χ1) is 24.6. The Kier molecular flexibility index (Phi) is 13.4. The number of nitrogens with one attached hydrogen (secondary N) is 3. The van der Waals surface area contributed by atoms with Crippen molar-refractivity contribution in [2.24, 2.45) is 0 Å². The van der Waals surface area contributed by atoms with Crippen molar-refractivity contribution < 1.29 is 57.2 Å². The number of amides is 6. The third-order valence-corrected chi connectivity index (χ3v) is 8.29. The van der Waals surface area contributed by atoms with Gasteiger partial charge in [-0.2, -0.15) is 0 Å². The summed E-state index contributed by atoms with van der Waals surface area (Å²) in [4.78, 5) is 96.8. The molecule has 0 spiro atoms. The SMILES string of the molecule is COC(=O)[C@@H]1C[C@H](NC(=O)[C@@H]2C[C@H](NC(=O)OC(C)(C)C)CN2C(=O)OC(C)(C)C)CN1C(=O)[C@@H]1C[C@H](NC(=O)OC(C)(C)C)CN1C(=O)OC(C)(C)C. The van der Waals surface area contributed by atoms with Gasteiger partial charge in [-0.05, 0) is 95.9 Å². The zero-order valence-electron chi connectivity index (χ0n) is 33.9. The Morgan fingerprint density at radius 2 is 0.833 bits per heavy atom. The maximum Gasteiger partial charge on any atom is 0.411 e. The molecule has 0 aromatic carbocycles. The molecule has 3 N–H and O–H groups in total. The number of esters is 1. The number of alkyl carbamates (subject to hydrolysis) is 2. The second kappa shape index (κ2) is 16.5. The van der Waals surface area contributed by atoms with Crippen molar-refractivity contribution in [2.45, 2.75) is 161 Å². The highest BCUT2D eigenvalue weighted by molar-refractivity contribution is 5.92. The van der Waals surface area contributed by atoms with E-state index in [1.807, 2.05) is 0 Å². The van der Waals surface area contributed by atoms with Crippen LogP contribution in [0.3, 0.4) is 0 Å². The molecule has 306 valence electrons. The Morgan fingerprint density at radius 3 is 1.24 bits per heavy atom. The first kappa shape index (κ1) is 43.9. The number of rotatable bonds is 6. The van der Waals surface area contributed by atoms with Crippen molar-refractivity contribution in [3.8, 4) is 0 Å². The lowest BCUT2D eigenvalue weighted by molar-refractivity contribution is -0.152. The summed E-state index contributed by atoms with van der Waals surface area (Å²) in [5.41, 5.74) is -3.33. The number of hydrogen-bond donors (Lipinski definition) is 3. The molecular formula is C36H60N6O12. The van der Waals surface area contributed by atoms with Crippen LogP contribution < -0.4 is 16.0 Å². The predicted molar refractivity (Wildman–Crippen MR) is 193 cm³/mol. The fraction of sp³-hybridized carbons (Fsp3) is 0.806. The molecule has 18 nitrogen and oxygen atoms in total. The highest BCUT2D eigenvalue weighted by Crippen LogP contribution is 2.29. The summed E-state index contributed by atoms with van der Waals surface area (Å²) < 4.78 is 26.9. The van der Waals surface area contributed by atoms with Crippen LogP contribution in [0.1, 0.15) is 102 Å². The van der Waals surface area contributed by atoms with Gasteiger partial charge in [-0.25, -0.2) is 24.0 Å². The normalized spacial score (nSPS) is 24.7. The van der Waals surface area contributed by atoms with E-state index in [0.717, 1.165) is 0 Å². The topological polar surface area (TPSA) is 211 Å². The van der Waals surface area contributed by atoms with Gasteiger partial charge in [0.05, 0.1) is 19.2 Å². The standard InChI is InChI=1S/C36H60N6O12/c1-33(2,3)51-29(46)38-21-14-23(41(18-21)31(48)53-35(7,8)9)26(43)37-20-16-25(28(45)50-13)40(17-20)27(44)24-15-22(39-30(47)52-34(4,5)6)19-42(24)32(49)54-36(10,11)12/h20-25H,14-19H2,1-13H3,(H,37,43)(H,38,46)(H,39,47)/t20-,21-,22-,23-,24-,25-/m0/s1. The van der Waals surface area contributed by atoms with Crippen molar-refractivity contribution >= 4 is 42.2 Å². The van der Waals surface area contributed by atoms with Crippen molar-refractivity contribution in [3.63, 3.8) is 0 Å². The van der Waals surface area contributed by atoms with Gasteiger partial charge in [-0.15, -0.1) is 0 Å². The smallest absolute Gasteiger partial charge is 0.411 e. The average molecular weight is 769 g/mol. The van der Waals surface area contributed by atoms with E-state index in [9.17, 15) is 33.6 Å². The molecule has 18 heteroatoms. The second-order valence-corrected chi connectivity index (χ2v) is 17.9. The van der Waals surface area contributed by atoms with Crippen LogP contribution in [0.15, 0.2) is 0 Å². The van der Waals surface area contributed by atoms with Crippen molar-refractivity contribution in [2.75, 3.05) is 26.7 Å². The zero-order chi connectivity index (χ0) is 41.1. The number of carbonyl (C=O) groups is 7. The molecule has 0 aromatic heterocycles. The van der Waals surface area contributed by atoms with Crippen LogP contribution in [-0.4, -0.2) is 142 Å². The lowest BCUT2D eigenvalue weighted by Crippen LogP contribution is -2.53. The van der Waals surface area contributed by atoms with Gasteiger partial charge in [-0.3, -0.25) is 19.4 Å². The molecule has 54 heavy (non-hydrogen) atoms. The summed E-state index contributed by atoms with van der Waals surface area (Å²) >= 11 is 0. The maximum absolute atomic E-state index is 14.3. The van der Waals surface area contributed by atoms with Gasteiger partial charge in [0.2, 0.25) is 11.8 Å². The highest BCUT2D eigenvalue weighted by Gasteiger charge is 2.50. The maximum atomic E-state index is 14.3. The molecule has 3 aliphatic heterocycles. The molecule has 0 unspecified atom stereocenters. The lowest BCUT2D eigenvalue weighted by Gasteiger charge is -2.31. The Labute approximate surface area is 317 Å². The molecular weight excluding hydrogens is 708 g/mol. The summed E-state index contributed by atoms with van der Waals surface area (Å²) in [6, 6.07) is -5.43. The van der Waals surface area contributed by atoms with Crippen LogP contribution in [-0.2, 0) is 38.1 Å². The molecule has 6 atom stereocenters. The van der Waals surface area contributed by atoms with Crippen LogP contribution in [0.4, 0.5) is 19.2 Å². The van der Waals surface area contributed by atoms with Crippen molar-refractivity contribution in [3.05, 3.63) is 0 Å². The Balaban J connectivity index is 1.84. The van der Waals surface area contributed by atoms with Crippen molar-refractivity contribution in [1.82, 2.24) is 30.7 Å². The molecule has 3 heterocycles. The monoisotopic (exact) mass is 768 g/mol. The molecule has 0 bridgehead atoms. The van der Waals surface area contributed by atoms with E-state index in [4.69, 9.17) is 23.7 Å². The first-order valence-corrected chi connectivity index (χ1v) is 18.2. The summed E-state index contributed by atoms with van der Waals surface area (Å²) in [5.74, 6) is -1.93. The number of ether oxygens (including phenoxy) is 5. The minimum atomic E-state index is -1.14. The van der Waals surface area contributed by atoms with Gasteiger partial charge in [0.1, 0.15) is 40.5 Å². The Bertz CT molecular complexity index is 1440. The van der Waals surface area contributed by atoms with Crippen LogP contribution in [0.5, 0.6) is 0 Å². The third kappa shape index (κ3) is 12.8. The Hall–Kier alpha value is -4.51. The van der Waals surface area contributed by atoms with E-state index in [-0.39, 0.29) is 38.9 Å².